The van der Waals surface area contributed by atoms with Gasteiger partial charge in [-0.05, 0) is 56.2 Å². The number of ketones is 1. The van der Waals surface area contributed by atoms with Gasteiger partial charge in [-0.2, -0.15) is 0 Å². The molecule has 1 aromatic carbocycles. The van der Waals surface area contributed by atoms with Gasteiger partial charge in [-0.15, -0.1) is 0 Å². The molecule has 1 saturated heterocycles. The summed E-state index contributed by atoms with van der Waals surface area (Å²) < 4.78 is 5.97. The highest BCUT2D eigenvalue weighted by Crippen LogP contribution is 2.67. The molecule has 4 rings (SSSR count). The monoisotopic (exact) mass is 358 g/mol. The Labute approximate surface area is 153 Å². The zero-order valence-corrected chi connectivity index (χ0v) is 15.5. The summed E-state index contributed by atoms with van der Waals surface area (Å²) in [7, 11) is 0. The quantitative estimate of drug-likeness (QED) is 0.487. The Morgan fingerprint density at radius 3 is 2.58 bits per heavy atom. The number of hydrogen-bond donors (Lipinski definition) is 2. The van der Waals surface area contributed by atoms with Crippen molar-refractivity contribution in [1.82, 2.24) is 0 Å². The molecule has 1 aromatic rings. The first kappa shape index (κ1) is 17.4. The standard InChI is InChI=1S/C21H26O5/c1-19(2)8-6-17-20(3)16(19)7-9-21(17,18(25)26-20)11-15(24)13-10-12(22)4-5-14(13)23/h4-5,10,16-17,22-23H,6-9,11H2,1-3H3/t16-,17+,20-,21-/m0/s1. The van der Waals surface area contributed by atoms with Gasteiger partial charge in [0.2, 0.25) is 0 Å². The van der Waals surface area contributed by atoms with Gasteiger partial charge in [0.15, 0.2) is 5.78 Å². The number of phenols is 2. The molecule has 0 aromatic heterocycles. The van der Waals surface area contributed by atoms with Crippen LogP contribution in [-0.4, -0.2) is 27.6 Å². The van der Waals surface area contributed by atoms with Gasteiger partial charge >= 0.3 is 5.97 Å². The van der Waals surface area contributed by atoms with Gasteiger partial charge in [0.1, 0.15) is 17.1 Å². The summed E-state index contributed by atoms with van der Waals surface area (Å²) in [4.78, 5) is 25.9. The number of aromatic hydroxyl groups is 2. The topological polar surface area (TPSA) is 83.8 Å². The summed E-state index contributed by atoms with van der Waals surface area (Å²) in [5.41, 5.74) is -1.14. The lowest BCUT2D eigenvalue weighted by Gasteiger charge is -2.56. The summed E-state index contributed by atoms with van der Waals surface area (Å²) in [6.45, 7) is 6.53. The molecule has 5 heteroatoms. The third kappa shape index (κ3) is 2.15. The van der Waals surface area contributed by atoms with Crippen LogP contribution in [0, 0.1) is 22.7 Å². The summed E-state index contributed by atoms with van der Waals surface area (Å²) in [5.74, 6) is -0.501. The molecule has 0 spiro atoms. The van der Waals surface area contributed by atoms with E-state index in [0.29, 0.717) is 12.3 Å². The van der Waals surface area contributed by atoms with Crippen molar-refractivity contribution in [1.29, 1.82) is 0 Å². The first-order valence-corrected chi connectivity index (χ1v) is 9.39. The van der Waals surface area contributed by atoms with Gasteiger partial charge in [0, 0.05) is 18.3 Å². The van der Waals surface area contributed by atoms with Gasteiger partial charge in [-0.3, -0.25) is 9.59 Å². The number of rotatable bonds is 3. The molecule has 4 bridgehead atoms. The molecule has 4 atom stereocenters. The van der Waals surface area contributed by atoms with Crippen molar-refractivity contribution < 1.29 is 24.5 Å². The number of hydrogen-bond acceptors (Lipinski definition) is 5. The Kier molecular flexibility index (Phi) is 3.50. The van der Waals surface area contributed by atoms with Crippen molar-refractivity contribution in [2.45, 2.75) is 58.5 Å². The van der Waals surface area contributed by atoms with Crippen LogP contribution in [0.5, 0.6) is 11.5 Å². The second-order valence-electron chi connectivity index (χ2n) is 9.20. The minimum Gasteiger partial charge on any atom is -0.508 e. The maximum Gasteiger partial charge on any atom is 0.313 e. The van der Waals surface area contributed by atoms with E-state index in [4.69, 9.17) is 4.74 Å². The average molecular weight is 358 g/mol. The third-order valence-electron chi connectivity index (χ3n) is 7.43. The van der Waals surface area contributed by atoms with Crippen molar-refractivity contribution >= 4 is 11.8 Å². The van der Waals surface area contributed by atoms with E-state index in [1.807, 2.05) is 6.92 Å². The molecular weight excluding hydrogens is 332 g/mol. The summed E-state index contributed by atoms with van der Waals surface area (Å²) in [6.07, 6.45) is 3.42. The van der Waals surface area contributed by atoms with Crippen molar-refractivity contribution in [3.63, 3.8) is 0 Å². The van der Waals surface area contributed by atoms with Crippen LogP contribution >= 0.6 is 0 Å². The van der Waals surface area contributed by atoms with E-state index in [2.05, 4.69) is 13.8 Å². The minimum atomic E-state index is -0.809. The lowest BCUT2D eigenvalue weighted by molar-refractivity contribution is -0.163. The fourth-order valence-corrected chi connectivity index (χ4v) is 6.18. The largest absolute Gasteiger partial charge is 0.508 e. The molecule has 0 radical (unpaired) electrons. The summed E-state index contributed by atoms with van der Waals surface area (Å²) in [5, 5.41) is 19.7. The third-order valence-corrected chi connectivity index (χ3v) is 7.43. The second kappa shape index (κ2) is 5.24. The molecule has 2 saturated carbocycles. The summed E-state index contributed by atoms with van der Waals surface area (Å²) >= 11 is 0. The Hall–Kier alpha value is -2.04. The zero-order valence-electron chi connectivity index (χ0n) is 15.5. The first-order chi connectivity index (χ1) is 12.1. The van der Waals surface area contributed by atoms with Crippen LogP contribution in [0.15, 0.2) is 18.2 Å². The highest BCUT2D eigenvalue weighted by molar-refractivity contribution is 6.02. The molecule has 2 N–H and O–H groups in total. The van der Waals surface area contributed by atoms with Gasteiger partial charge in [-0.25, -0.2) is 0 Å². The van der Waals surface area contributed by atoms with Gasteiger partial charge in [-0.1, -0.05) is 13.8 Å². The van der Waals surface area contributed by atoms with Crippen LogP contribution in [-0.2, 0) is 9.53 Å². The van der Waals surface area contributed by atoms with Gasteiger partial charge in [0.05, 0.1) is 11.0 Å². The molecule has 1 aliphatic heterocycles. The van der Waals surface area contributed by atoms with Gasteiger partial charge in [0.25, 0.3) is 0 Å². The SMILES string of the molecule is CC1(C)CC[C@H]2[C@@]3(CC(=O)c4cc(O)ccc4O)CC[C@@H]1[C@]2(C)OC3=O. The Morgan fingerprint density at radius 2 is 1.85 bits per heavy atom. The average Bonchev–Trinajstić information content (AvgIpc) is 2.66. The van der Waals surface area contributed by atoms with Crippen LogP contribution in [0.1, 0.15) is 63.2 Å². The number of carbonyl (C=O) groups excluding carboxylic acids is 2. The number of carbonyl (C=O) groups is 2. The van der Waals surface area contributed by atoms with Crippen LogP contribution in [0.2, 0.25) is 0 Å². The predicted octanol–water partition coefficient (Wildman–Crippen LogP) is 3.82. The molecule has 0 amide bonds. The van der Waals surface area contributed by atoms with Crippen molar-refractivity contribution in [2.24, 2.45) is 22.7 Å². The smallest absolute Gasteiger partial charge is 0.313 e. The van der Waals surface area contributed by atoms with E-state index in [-0.39, 0.29) is 46.6 Å². The minimum absolute atomic E-state index is 0.0241. The van der Waals surface area contributed by atoms with E-state index in [0.717, 1.165) is 19.3 Å². The maximum absolute atomic E-state index is 13.0. The molecule has 2 aliphatic carbocycles. The fraction of sp³-hybridized carbons (Fsp3) is 0.619. The van der Waals surface area contributed by atoms with E-state index in [1.54, 1.807) is 0 Å². The number of benzene rings is 1. The molecule has 1 heterocycles. The molecule has 5 nitrogen and oxygen atoms in total. The van der Waals surface area contributed by atoms with Crippen molar-refractivity contribution in [3.05, 3.63) is 23.8 Å². The second-order valence-corrected chi connectivity index (χ2v) is 9.20. The van der Waals surface area contributed by atoms with Gasteiger partial charge < -0.3 is 14.9 Å². The molecule has 0 unspecified atom stereocenters. The Morgan fingerprint density at radius 1 is 1.15 bits per heavy atom. The van der Waals surface area contributed by atoms with E-state index < -0.39 is 11.0 Å². The molecule has 26 heavy (non-hydrogen) atoms. The molecule has 140 valence electrons. The fourth-order valence-electron chi connectivity index (χ4n) is 6.18. The Bertz CT molecular complexity index is 798. The van der Waals surface area contributed by atoms with Crippen molar-refractivity contribution in [3.8, 4) is 11.5 Å². The van der Waals surface area contributed by atoms with Crippen LogP contribution < -0.4 is 0 Å². The highest BCUT2D eigenvalue weighted by Gasteiger charge is 2.71. The first-order valence-electron chi connectivity index (χ1n) is 9.39. The number of esters is 1. The lowest BCUT2D eigenvalue weighted by Crippen LogP contribution is -2.57. The number of Topliss-reactive ketones (excluding diaryl/α,β-unsaturated/α-hetero) is 1. The van der Waals surface area contributed by atoms with E-state index in [1.165, 1.54) is 18.2 Å². The molecule has 3 aliphatic rings. The van der Waals surface area contributed by atoms with Crippen LogP contribution in [0.25, 0.3) is 0 Å². The molecule has 3 fully saturated rings. The zero-order chi connectivity index (χ0) is 18.9. The van der Waals surface area contributed by atoms with Crippen molar-refractivity contribution in [2.75, 3.05) is 0 Å². The predicted molar refractivity (Wildman–Crippen MR) is 94.9 cm³/mol. The highest BCUT2D eigenvalue weighted by atomic mass is 16.6. The molecular formula is C21H26O5. The number of phenolic OH excluding ortho intramolecular Hbond substituents is 2. The number of ether oxygens (including phenoxy) is 1. The lowest BCUT2D eigenvalue weighted by atomic mass is 9.47. The van der Waals surface area contributed by atoms with E-state index in [9.17, 15) is 19.8 Å². The van der Waals surface area contributed by atoms with E-state index >= 15 is 0 Å². The Balaban J connectivity index is 1.70. The maximum atomic E-state index is 13.0. The van der Waals surface area contributed by atoms with Crippen LogP contribution in [0.4, 0.5) is 0 Å². The van der Waals surface area contributed by atoms with Crippen LogP contribution in [0.3, 0.4) is 0 Å². The normalized spacial score (nSPS) is 37.3. The summed E-state index contributed by atoms with van der Waals surface area (Å²) in [6, 6.07) is 3.90.